The van der Waals surface area contributed by atoms with Gasteiger partial charge in [0.1, 0.15) is 12.9 Å². The third-order valence-electron chi connectivity index (χ3n) is 6.78. The van der Waals surface area contributed by atoms with Gasteiger partial charge in [0, 0.05) is 42.4 Å². The van der Waals surface area contributed by atoms with Crippen LogP contribution < -0.4 is 0 Å². The van der Waals surface area contributed by atoms with Crippen LogP contribution in [0.2, 0.25) is 0 Å². The van der Waals surface area contributed by atoms with Crippen LogP contribution in [0.1, 0.15) is 33.2 Å². The summed E-state index contributed by atoms with van der Waals surface area (Å²) in [7, 11) is 0. The van der Waals surface area contributed by atoms with Crippen molar-refractivity contribution in [3.8, 4) is 5.82 Å². The number of pyridine rings is 1. The summed E-state index contributed by atoms with van der Waals surface area (Å²) in [6.07, 6.45) is 3.35. The third kappa shape index (κ3) is 4.21. The summed E-state index contributed by atoms with van der Waals surface area (Å²) >= 11 is 3.66. The molecule has 0 spiro atoms. The fourth-order valence-electron chi connectivity index (χ4n) is 4.84. The number of nitrogens with zero attached hydrogens (tertiary/aromatic N) is 7. The van der Waals surface area contributed by atoms with E-state index in [4.69, 9.17) is 9.47 Å². The largest absolute Gasteiger partial charge is 0.457 e. The number of tetrazole rings is 1. The molecule has 0 N–H and O–H groups in total. The van der Waals surface area contributed by atoms with Crippen molar-refractivity contribution in [1.82, 2.24) is 35.0 Å². The summed E-state index contributed by atoms with van der Waals surface area (Å²) in [6.45, 7) is 3.66. The molecule has 2 unspecified atom stereocenters. The predicted octanol–water partition coefficient (Wildman–Crippen LogP) is 1.32. The molecule has 12 heteroatoms. The number of hydrogen-bond acceptors (Lipinski definition) is 9. The van der Waals surface area contributed by atoms with Crippen LogP contribution in [0.5, 0.6) is 0 Å². The Morgan fingerprint density at radius 3 is 2.89 bits per heavy atom. The molecular weight excluding hydrogens is 518 g/mol. The van der Waals surface area contributed by atoms with Crippen molar-refractivity contribution in [2.24, 2.45) is 0 Å². The summed E-state index contributed by atoms with van der Waals surface area (Å²) < 4.78 is 13.7. The van der Waals surface area contributed by atoms with Gasteiger partial charge in [-0.25, -0.2) is 9.78 Å². The highest BCUT2D eigenvalue weighted by Gasteiger charge is 2.37. The number of rotatable bonds is 4. The minimum absolute atomic E-state index is 0.0785. The molecule has 3 aliphatic heterocycles. The quantitative estimate of drug-likeness (QED) is 0.452. The first-order valence-corrected chi connectivity index (χ1v) is 12.2. The summed E-state index contributed by atoms with van der Waals surface area (Å²) in [5, 5.41) is 11.0. The van der Waals surface area contributed by atoms with Crippen LogP contribution in [0.4, 0.5) is 0 Å². The first kappa shape index (κ1) is 22.3. The van der Waals surface area contributed by atoms with Crippen molar-refractivity contribution in [3.63, 3.8) is 0 Å². The van der Waals surface area contributed by atoms with Gasteiger partial charge >= 0.3 is 5.97 Å². The van der Waals surface area contributed by atoms with E-state index in [1.807, 2.05) is 23.1 Å². The van der Waals surface area contributed by atoms with Crippen molar-refractivity contribution in [2.45, 2.75) is 25.2 Å². The van der Waals surface area contributed by atoms with Gasteiger partial charge in [-0.1, -0.05) is 12.1 Å². The number of piperazine rings is 1. The Morgan fingerprint density at radius 1 is 1.17 bits per heavy atom. The second-order valence-electron chi connectivity index (χ2n) is 8.84. The Morgan fingerprint density at radius 2 is 2.09 bits per heavy atom. The Balaban J connectivity index is 1.07. The molecule has 2 saturated heterocycles. The lowest BCUT2D eigenvalue weighted by Gasteiger charge is -2.46. The molecule has 5 heterocycles. The van der Waals surface area contributed by atoms with E-state index in [1.165, 1.54) is 11.0 Å². The maximum atomic E-state index is 13.0. The van der Waals surface area contributed by atoms with Gasteiger partial charge in [-0.15, -0.1) is 5.10 Å². The van der Waals surface area contributed by atoms with Crippen LogP contribution in [0.3, 0.4) is 0 Å². The lowest BCUT2D eigenvalue weighted by molar-refractivity contribution is -0.139. The molecule has 1 amide bonds. The summed E-state index contributed by atoms with van der Waals surface area (Å²) in [6, 6.07) is 7.59. The predicted molar refractivity (Wildman–Crippen MR) is 125 cm³/mol. The van der Waals surface area contributed by atoms with Gasteiger partial charge in [0.05, 0.1) is 30.7 Å². The van der Waals surface area contributed by atoms with Gasteiger partial charge in [-0.05, 0) is 49.6 Å². The van der Waals surface area contributed by atoms with Crippen LogP contribution in [0.25, 0.3) is 5.82 Å². The minimum Gasteiger partial charge on any atom is -0.457 e. The SMILES string of the molecule is O=C1OCc2c1ccc(C1CN3CCN(C(=O)Cc4ccc(-n5cnnn5)nc4)CC3CO1)c2Br. The van der Waals surface area contributed by atoms with Crippen molar-refractivity contribution in [2.75, 3.05) is 32.8 Å². The van der Waals surface area contributed by atoms with Gasteiger partial charge in [0.25, 0.3) is 0 Å². The van der Waals surface area contributed by atoms with Crippen LogP contribution in [-0.4, -0.2) is 85.7 Å². The second-order valence-corrected chi connectivity index (χ2v) is 9.63. The molecule has 180 valence electrons. The zero-order chi connectivity index (χ0) is 23.9. The van der Waals surface area contributed by atoms with Gasteiger partial charge < -0.3 is 14.4 Å². The summed E-state index contributed by atoms with van der Waals surface area (Å²) in [5.41, 5.74) is 3.37. The van der Waals surface area contributed by atoms with E-state index in [0.29, 0.717) is 37.5 Å². The number of cyclic esters (lactones) is 1. The number of morpholine rings is 1. The monoisotopic (exact) mass is 539 g/mol. The molecule has 3 aliphatic rings. The molecule has 0 bridgehead atoms. The Labute approximate surface area is 209 Å². The molecule has 35 heavy (non-hydrogen) atoms. The fourth-order valence-corrected chi connectivity index (χ4v) is 5.56. The number of halogens is 1. The van der Waals surface area contributed by atoms with E-state index in [9.17, 15) is 9.59 Å². The number of ether oxygens (including phenoxy) is 2. The molecular formula is C23H22BrN7O4. The number of carbonyl (C=O) groups is 2. The summed E-state index contributed by atoms with van der Waals surface area (Å²) in [5.74, 6) is 0.398. The van der Waals surface area contributed by atoms with E-state index in [-0.39, 0.29) is 30.6 Å². The number of amides is 1. The molecule has 2 aromatic heterocycles. The number of fused-ring (bicyclic) bond motifs is 2. The van der Waals surface area contributed by atoms with Crippen molar-refractivity contribution in [1.29, 1.82) is 0 Å². The van der Waals surface area contributed by atoms with Gasteiger partial charge in [-0.2, -0.15) is 4.68 Å². The van der Waals surface area contributed by atoms with Gasteiger partial charge in [0.15, 0.2) is 5.82 Å². The number of hydrogen-bond donors (Lipinski definition) is 0. The first-order chi connectivity index (χ1) is 17.1. The van der Waals surface area contributed by atoms with Gasteiger partial charge in [0.2, 0.25) is 5.91 Å². The zero-order valence-corrected chi connectivity index (χ0v) is 20.3. The topological polar surface area (TPSA) is 116 Å². The smallest absolute Gasteiger partial charge is 0.338 e. The van der Waals surface area contributed by atoms with Crippen LogP contribution in [0.15, 0.2) is 41.3 Å². The van der Waals surface area contributed by atoms with E-state index in [2.05, 4.69) is 41.3 Å². The number of carbonyl (C=O) groups excluding carboxylic acids is 2. The van der Waals surface area contributed by atoms with Crippen molar-refractivity contribution in [3.05, 3.63) is 63.5 Å². The van der Waals surface area contributed by atoms with E-state index in [0.717, 1.165) is 34.3 Å². The minimum atomic E-state index is -0.281. The third-order valence-corrected chi connectivity index (χ3v) is 7.72. The number of benzene rings is 1. The lowest BCUT2D eigenvalue weighted by Crippen LogP contribution is -2.59. The van der Waals surface area contributed by atoms with Crippen LogP contribution in [0, 0.1) is 0 Å². The number of esters is 1. The van der Waals surface area contributed by atoms with Crippen LogP contribution in [-0.2, 0) is 27.3 Å². The van der Waals surface area contributed by atoms with Gasteiger partial charge in [-0.3, -0.25) is 9.69 Å². The Hall–Kier alpha value is -3.22. The van der Waals surface area contributed by atoms with E-state index in [1.54, 1.807) is 12.3 Å². The average molecular weight is 540 g/mol. The highest BCUT2D eigenvalue weighted by molar-refractivity contribution is 9.10. The van der Waals surface area contributed by atoms with E-state index < -0.39 is 0 Å². The average Bonchev–Trinajstić information content (AvgIpc) is 3.55. The standard InChI is InChI=1S/C23H22BrN7O4/c24-22-17(3-2-16-18(22)12-35-23(16)33)19-10-29-5-6-30(9-15(29)11-34-19)21(32)7-14-1-4-20(25-8-14)31-13-26-27-28-31/h1-4,8,13,15,19H,5-7,9-12H2. The summed E-state index contributed by atoms with van der Waals surface area (Å²) in [4.78, 5) is 33.5. The molecule has 6 rings (SSSR count). The lowest BCUT2D eigenvalue weighted by atomic mass is 9.99. The normalized spacial score (nSPS) is 22.0. The molecule has 0 saturated carbocycles. The van der Waals surface area contributed by atoms with Crippen LogP contribution >= 0.6 is 15.9 Å². The molecule has 3 aromatic rings. The van der Waals surface area contributed by atoms with E-state index >= 15 is 0 Å². The van der Waals surface area contributed by atoms with Crippen molar-refractivity contribution < 1.29 is 19.1 Å². The Kier molecular flexibility index (Phi) is 5.78. The number of aromatic nitrogens is 5. The second kappa shape index (κ2) is 9.10. The molecule has 11 nitrogen and oxygen atoms in total. The highest BCUT2D eigenvalue weighted by atomic mass is 79.9. The molecule has 0 radical (unpaired) electrons. The highest BCUT2D eigenvalue weighted by Crippen LogP contribution is 2.37. The molecule has 0 aliphatic carbocycles. The Bertz CT molecular complexity index is 1270. The molecule has 2 fully saturated rings. The fraction of sp³-hybridized carbons (Fsp3) is 0.391. The maximum absolute atomic E-state index is 13.0. The molecule has 1 aromatic carbocycles. The van der Waals surface area contributed by atoms with Crippen molar-refractivity contribution >= 4 is 27.8 Å². The maximum Gasteiger partial charge on any atom is 0.338 e. The first-order valence-electron chi connectivity index (χ1n) is 11.4. The zero-order valence-electron chi connectivity index (χ0n) is 18.7. The molecule has 2 atom stereocenters.